The highest BCUT2D eigenvalue weighted by atomic mass is 16.5. The van der Waals surface area contributed by atoms with Gasteiger partial charge in [-0.25, -0.2) is 0 Å². The monoisotopic (exact) mass is 429 g/mol. The zero-order chi connectivity index (χ0) is 21.6. The SMILES string of the molecule is CCN1CC[C@@H]2C[C@@H](N3CCOCC3)CC[C@@]2(C(=O)N2CC(n3nc(C)cc3C)C2)C1. The van der Waals surface area contributed by atoms with Crippen molar-refractivity contribution in [1.82, 2.24) is 24.5 Å². The molecule has 3 saturated heterocycles. The second-order valence-corrected chi connectivity index (χ2v) is 10.3. The summed E-state index contributed by atoms with van der Waals surface area (Å²) < 4.78 is 7.71. The van der Waals surface area contributed by atoms with Crippen LogP contribution in [0, 0.1) is 25.2 Å². The quantitative estimate of drug-likeness (QED) is 0.734. The van der Waals surface area contributed by atoms with Crippen LogP contribution in [0.2, 0.25) is 0 Å². The largest absolute Gasteiger partial charge is 0.379 e. The summed E-state index contributed by atoms with van der Waals surface area (Å²) in [6.07, 6.45) is 4.53. The molecule has 1 aromatic rings. The maximum absolute atomic E-state index is 14.0. The fourth-order valence-electron chi connectivity index (χ4n) is 6.72. The van der Waals surface area contributed by atoms with E-state index in [0.717, 1.165) is 84.0 Å². The van der Waals surface area contributed by atoms with Crippen LogP contribution in [0.1, 0.15) is 50.0 Å². The number of hydrogen-bond donors (Lipinski definition) is 0. The molecule has 0 N–H and O–H groups in total. The average molecular weight is 430 g/mol. The summed E-state index contributed by atoms with van der Waals surface area (Å²) in [5.74, 6) is 0.936. The molecule has 1 aliphatic carbocycles. The summed E-state index contributed by atoms with van der Waals surface area (Å²) in [5.41, 5.74) is 2.08. The van der Waals surface area contributed by atoms with Gasteiger partial charge < -0.3 is 14.5 Å². The minimum atomic E-state index is -0.183. The van der Waals surface area contributed by atoms with Crippen molar-refractivity contribution < 1.29 is 9.53 Å². The van der Waals surface area contributed by atoms with E-state index in [2.05, 4.69) is 44.4 Å². The molecular formula is C24H39N5O2. The maximum Gasteiger partial charge on any atom is 0.230 e. The lowest BCUT2D eigenvalue weighted by atomic mass is 9.60. The molecule has 7 heteroatoms. The highest BCUT2D eigenvalue weighted by Gasteiger charge is 2.55. The number of aromatic nitrogens is 2. The molecule has 1 saturated carbocycles. The fraction of sp³-hybridized carbons (Fsp3) is 0.833. The van der Waals surface area contributed by atoms with Crippen molar-refractivity contribution in [3.05, 3.63) is 17.5 Å². The zero-order valence-corrected chi connectivity index (χ0v) is 19.6. The first kappa shape index (κ1) is 21.4. The van der Waals surface area contributed by atoms with Crippen LogP contribution in [-0.4, -0.2) is 95.5 Å². The molecule has 31 heavy (non-hydrogen) atoms. The van der Waals surface area contributed by atoms with Gasteiger partial charge in [0.15, 0.2) is 0 Å². The van der Waals surface area contributed by atoms with Crippen molar-refractivity contribution >= 4 is 5.91 Å². The molecule has 5 rings (SSSR count). The highest BCUT2D eigenvalue weighted by molar-refractivity contribution is 5.84. The number of likely N-dealkylation sites (tertiary alicyclic amines) is 2. The van der Waals surface area contributed by atoms with Crippen LogP contribution in [0.15, 0.2) is 6.07 Å². The number of ether oxygens (including phenoxy) is 1. The summed E-state index contributed by atoms with van der Waals surface area (Å²) in [7, 11) is 0. The second kappa shape index (κ2) is 8.49. The number of amides is 1. The van der Waals surface area contributed by atoms with Crippen molar-refractivity contribution in [3.63, 3.8) is 0 Å². The first-order valence-electron chi connectivity index (χ1n) is 12.4. The van der Waals surface area contributed by atoms with Gasteiger partial charge in [0.2, 0.25) is 5.91 Å². The van der Waals surface area contributed by atoms with Crippen molar-refractivity contribution in [2.75, 3.05) is 59.0 Å². The number of carbonyl (C=O) groups excluding carboxylic acids is 1. The molecule has 172 valence electrons. The molecule has 4 fully saturated rings. The number of nitrogens with zero attached hydrogens (tertiary/aromatic N) is 5. The maximum atomic E-state index is 14.0. The van der Waals surface area contributed by atoms with Crippen LogP contribution in [0.5, 0.6) is 0 Å². The van der Waals surface area contributed by atoms with Gasteiger partial charge in [-0.1, -0.05) is 6.92 Å². The average Bonchev–Trinajstić information content (AvgIpc) is 3.09. The summed E-state index contributed by atoms with van der Waals surface area (Å²) in [5, 5.41) is 4.66. The number of piperidine rings is 1. The van der Waals surface area contributed by atoms with E-state index in [4.69, 9.17) is 4.74 Å². The predicted octanol–water partition coefficient (Wildman–Crippen LogP) is 2.10. The van der Waals surface area contributed by atoms with Crippen molar-refractivity contribution in [1.29, 1.82) is 0 Å². The van der Waals surface area contributed by atoms with E-state index in [1.807, 2.05) is 6.92 Å². The number of fused-ring (bicyclic) bond motifs is 1. The summed E-state index contributed by atoms with van der Waals surface area (Å²) in [4.78, 5) is 21.3. The minimum absolute atomic E-state index is 0.183. The molecule has 3 aliphatic heterocycles. The summed E-state index contributed by atoms with van der Waals surface area (Å²) in [6, 6.07) is 3.09. The van der Waals surface area contributed by atoms with Gasteiger partial charge in [-0.05, 0) is 64.6 Å². The van der Waals surface area contributed by atoms with Crippen LogP contribution in [-0.2, 0) is 9.53 Å². The van der Waals surface area contributed by atoms with Gasteiger partial charge in [-0.15, -0.1) is 0 Å². The van der Waals surface area contributed by atoms with E-state index < -0.39 is 0 Å². The Balaban J connectivity index is 1.30. The van der Waals surface area contributed by atoms with E-state index in [0.29, 0.717) is 23.9 Å². The summed E-state index contributed by atoms with van der Waals surface area (Å²) >= 11 is 0. The Hall–Kier alpha value is -1.44. The Morgan fingerprint density at radius 2 is 1.94 bits per heavy atom. The molecule has 4 aliphatic rings. The summed E-state index contributed by atoms with van der Waals surface area (Å²) in [6.45, 7) is 15.0. The first-order chi connectivity index (χ1) is 15.0. The van der Waals surface area contributed by atoms with Crippen LogP contribution >= 0.6 is 0 Å². The van der Waals surface area contributed by atoms with Crippen LogP contribution in [0.3, 0.4) is 0 Å². The van der Waals surface area contributed by atoms with Gasteiger partial charge in [-0.2, -0.15) is 5.10 Å². The number of carbonyl (C=O) groups is 1. The van der Waals surface area contributed by atoms with Gasteiger partial charge in [0.1, 0.15) is 0 Å². The molecule has 0 aromatic carbocycles. The fourth-order valence-corrected chi connectivity index (χ4v) is 6.72. The minimum Gasteiger partial charge on any atom is -0.379 e. The molecule has 4 heterocycles. The Morgan fingerprint density at radius 1 is 1.16 bits per heavy atom. The topological polar surface area (TPSA) is 53.8 Å². The first-order valence-corrected chi connectivity index (χ1v) is 12.4. The Kier molecular flexibility index (Phi) is 5.86. The molecule has 0 radical (unpaired) electrons. The smallest absolute Gasteiger partial charge is 0.230 e. The van der Waals surface area contributed by atoms with Crippen molar-refractivity contribution in [3.8, 4) is 0 Å². The third-order valence-electron chi connectivity index (χ3n) is 8.54. The van der Waals surface area contributed by atoms with Gasteiger partial charge in [-0.3, -0.25) is 14.4 Å². The molecule has 1 amide bonds. The Labute approximate surface area is 186 Å². The Bertz CT molecular complexity index is 798. The highest BCUT2D eigenvalue weighted by Crippen LogP contribution is 2.49. The molecular weight excluding hydrogens is 390 g/mol. The van der Waals surface area contributed by atoms with Crippen molar-refractivity contribution in [2.24, 2.45) is 11.3 Å². The lowest BCUT2D eigenvalue weighted by Crippen LogP contribution is -2.64. The Morgan fingerprint density at radius 3 is 2.61 bits per heavy atom. The molecule has 7 nitrogen and oxygen atoms in total. The van der Waals surface area contributed by atoms with Gasteiger partial charge in [0, 0.05) is 44.5 Å². The van der Waals surface area contributed by atoms with Gasteiger partial charge >= 0.3 is 0 Å². The molecule has 3 atom stereocenters. The van der Waals surface area contributed by atoms with Crippen LogP contribution in [0.4, 0.5) is 0 Å². The van der Waals surface area contributed by atoms with E-state index in [1.54, 1.807) is 0 Å². The molecule has 0 spiro atoms. The lowest BCUT2D eigenvalue weighted by molar-refractivity contribution is -0.162. The second-order valence-electron chi connectivity index (χ2n) is 10.3. The zero-order valence-electron chi connectivity index (χ0n) is 19.6. The number of aryl methyl sites for hydroxylation is 2. The van der Waals surface area contributed by atoms with E-state index in [1.165, 1.54) is 12.1 Å². The number of hydrogen-bond acceptors (Lipinski definition) is 5. The van der Waals surface area contributed by atoms with Gasteiger partial charge in [0.05, 0.1) is 30.4 Å². The molecule has 1 aromatic heterocycles. The van der Waals surface area contributed by atoms with Crippen molar-refractivity contribution in [2.45, 2.75) is 58.5 Å². The third-order valence-corrected chi connectivity index (χ3v) is 8.54. The van der Waals surface area contributed by atoms with E-state index in [9.17, 15) is 4.79 Å². The third kappa shape index (κ3) is 3.83. The normalized spacial score (nSPS) is 33.2. The number of morpholine rings is 1. The van der Waals surface area contributed by atoms with Crippen LogP contribution in [0.25, 0.3) is 0 Å². The molecule has 0 bridgehead atoms. The van der Waals surface area contributed by atoms with Crippen LogP contribution < -0.4 is 0 Å². The van der Waals surface area contributed by atoms with E-state index >= 15 is 0 Å². The van der Waals surface area contributed by atoms with E-state index in [-0.39, 0.29) is 5.41 Å². The number of rotatable bonds is 4. The lowest BCUT2D eigenvalue weighted by Gasteiger charge is -2.56. The molecule has 0 unspecified atom stereocenters. The standard InChI is InChI=1S/C24H39N5O2/c1-4-26-8-6-20-14-21(27-9-11-31-12-10-27)5-7-24(20,17-26)23(30)28-15-22(16-28)29-19(3)13-18(2)25-29/h13,20-22H,4-12,14-17H2,1-3H3/t20-,21+,24-/m1/s1. The predicted molar refractivity (Wildman–Crippen MR) is 120 cm³/mol. The van der Waals surface area contributed by atoms with Gasteiger partial charge in [0.25, 0.3) is 0 Å².